The van der Waals surface area contributed by atoms with Gasteiger partial charge in [0, 0.05) is 15.0 Å². The molecule has 4 heteroatoms. The third kappa shape index (κ3) is 5.08. The molecule has 1 atom stereocenters. The van der Waals surface area contributed by atoms with Crippen molar-refractivity contribution < 1.29 is 0 Å². The zero-order chi connectivity index (χ0) is 13.1. The van der Waals surface area contributed by atoms with Crippen LogP contribution in [0.2, 0.25) is 0 Å². The molecule has 1 aromatic carbocycles. The summed E-state index contributed by atoms with van der Waals surface area (Å²) in [5.74, 6) is 5.66. The molecule has 0 heterocycles. The molecule has 0 radical (unpaired) electrons. The van der Waals surface area contributed by atoms with E-state index in [2.05, 4.69) is 70.2 Å². The van der Waals surface area contributed by atoms with Gasteiger partial charge in [0.05, 0.1) is 0 Å². The SMILES string of the molecule is CC(C)(C)CCC(NN)c1ccc(Br)cc1Br. The number of nitrogens with two attached hydrogens (primary N) is 1. The molecule has 1 rings (SSSR count). The van der Waals surface area contributed by atoms with E-state index >= 15 is 0 Å². The molecule has 3 N–H and O–H groups in total. The van der Waals surface area contributed by atoms with Crippen LogP contribution in [0.25, 0.3) is 0 Å². The molecule has 0 bridgehead atoms. The molecule has 0 aliphatic carbocycles. The first-order valence-corrected chi connectivity index (χ1v) is 7.33. The summed E-state index contributed by atoms with van der Waals surface area (Å²) in [5, 5.41) is 0. The Bertz CT molecular complexity index is 372. The highest BCUT2D eigenvalue weighted by atomic mass is 79.9. The monoisotopic (exact) mass is 362 g/mol. The van der Waals surface area contributed by atoms with Crippen LogP contribution in [-0.2, 0) is 0 Å². The predicted octanol–water partition coefficient (Wildman–Crippen LogP) is 4.54. The van der Waals surface area contributed by atoms with Crippen LogP contribution >= 0.6 is 31.9 Å². The molecule has 1 unspecified atom stereocenters. The molecular weight excluding hydrogens is 344 g/mol. The van der Waals surface area contributed by atoms with Crippen molar-refractivity contribution in [2.75, 3.05) is 0 Å². The smallest absolute Gasteiger partial charge is 0.0471 e. The second-order valence-electron chi connectivity index (χ2n) is 5.48. The molecule has 17 heavy (non-hydrogen) atoms. The van der Waals surface area contributed by atoms with E-state index in [0.717, 1.165) is 21.8 Å². The Morgan fingerprint density at radius 3 is 2.41 bits per heavy atom. The maximum Gasteiger partial charge on any atom is 0.0471 e. The van der Waals surface area contributed by atoms with Gasteiger partial charge in [-0.3, -0.25) is 11.3 Å². The normalized spacial score (nSPS) is 13.8. The lowest BCUT2D eigenvalue weighted by Gasteiger charge is -2.23. The standard InChI is InChI=1S/C13H20Br2N2/c1-13(2,3)7-6-12(17-16)10-5-4-9(14)8-11(10)15/h4-5,8,12,17H,6-7,16H2,1-3H3. The molecule has 96 valence electrons. The maximum atomic E-state index is 5.66. The average molecular weight is 364 g/mol. The fourth-order valence-corrected chi connectivity index (χ4v) is 3.01. The summed E-state index contributed by atoms with van der Waals surface area (Å²) in [6, 6.07) is 6.39. The molecular formula is C13H20Br2N2. The van der Waals surface area contributed by atoms with E-state index in [-0.39, 0.29) is 6.04 Å². The van der Waals surface area contributed by atoms with Crippen molar-refractivity contribution in [3.05, 3.63) is 32.7 Å². The van der Waals surface area contributed by atoms with Crippen molar-refractivity contribution in [3.63, 3.8) is 0 Å². The first-order chi connectivity index (χ1) is 7.83. The summed E-state index contributed by atoms with van der Waals surface area (Å²) in [5.41, 5.74) is 4.44. The number of nitrogens with one attached hydrogen (secondary N) is 1. The van der Waals surface area contributed by atoms with Crippen LogP contribution in [0.3, 0.4) is 0 Å². The van der Waals surface area contributed by atoms with Gasteiger partial charge in [-0.1, -0.05) is 58.7 Å². The zero-order valence-corrected chi connectivity index (χ0v) is 13.7. The zero-order valence-electron chi connectivity index (χ0n) is 10.6. The molecule has 0 aromatic heterocycles. The summed E-state index contributed by atoms with van der Waals surface area (Å²) < 4.78 is 2.16. The first-order valence-electron chi connectivity index (χ1n) is 5.74. The second-order valence-corrected chi connectivity index (χ2v) is 7.25. The highest BCUT2D eigenvalue weighted by Gasteiger charge is 2.17. The van der Waals surface area contributed by atoms with Crippen molar-refractivity contribution in [3.8, 4) is 0 Å². The number of hydrogen-bond donors (Lipinski definition) is 2. The Balaban J connectivity index is 2.79. The predicted molar refractivity (Wildman–Crippen MR) is 80.6 cm³/mol. The summed E-state index contributed by atoms with van der Waals surface area (Å²) >= 11 is 7.04. The minimum atomic E-state index is 0.191. The molecule has 2 nitrogen and oxygen atoms in total. The van der Waals surface area contributed by atoms with Crippen LogP contribution < -0.4 is 11.3 Å². The maximum absolute atomic E-state index is 5.66. The third-order valence-electron chi connectivity index (χ3n) is 2.72. The molecule has 0 aliphatic heterocycles. The topological polar surface area (TPSA) is 38.0 Å². The fraction of sp³-hybridized carbons (Fsp3) is 0.538. The number of benzene rings is 1. The van der Waals surface area contributed by atoms with Crippen LogP contribution in [0.1, 0.15) is 45.2 Å². The van der Waals surface area contributed by atoms with Gasteiger partial charge in [-0.25, -0.2) is 0 Å². The summed E-state index contributed by atoms with van der Waals surface area (Å²) in [6.45, 7) is 6.74. The van der Waals surface area contributed by atoms with E-state index in [4.69, 9.17) is 5.84 Å². The number of halogens is 2. The van der Waals surface area contributed by atoms with E-state index in [9.17, 15) is 0 Å². The van der Waals surface area contributed by atoms with Crippen LogP contribution in [-0.4, -0.2) is 0 Å². The van der Waals surface area contributed by atoms with Crippen molar-refractivity contribution >= 4 is 31.9 Å². The van der Waals surface area contributed by atoms with Gasteiger partial charge in [-0.15, -0.1) is 0 Å². The quantitative estimate of drug-likeness (QED) is 0.608. The Morgan fingerprint density at radius 1 is 1.29 bits per heavy atom. The molecule has 0 amide bonds. The first kappa shape index (κ1) is 15.2. The van der Waals surface area contributed by atoms with Gasteiger partial charge in [0.2, 0.25) is 0 Å². The Kier molecular flexibility index (Phi) is 5.64. The van der Waals surface area contributed by atoms with Crippen molar-refractivity contribution in [1.82, 2.24) is 5.43 Å². The van der Waals surface area contributed by atoms with Crippen LogP contribution in [0.4, 0.5) is 0 Å². The van der Waals surface area contributed by atoms with E-state index < -0.39 is 0 Å². The van der Waals surface area contributed by atoms with E-state index in [1.165, 1.54) is 5.56 Å². The molecule has 0 saturated carbocycles. The molecule has 0 fully saturated rings. The lowest BCUT2D eigenvalue weighted by atomic mass is 9.87. The highest BCUT2D eigenvalue weighted by Crippen LogP contribution is 2.32. The second kappa shape index (κ2) is 6.32. The van der Waals surface area contributed by atoms with Crippen molar-refractivity contribution in [2.45, 2.75) is 39.7 Å². The van der Waals surface area contributed by atoms with Crippen LogP contribution in [0, 0.1) is 5.41 Å². The van der Waals surface area contributed by atoms with Crippen LogP contribution in [0.5, 0.6) is 0 Å². The fourth-order valence-electron chi connectivity index (χ4n) is 1.69. The van der Waals surface area contributed by atoms with E-state index in [1.807, 2.05) is 6.07 Å². The Labute approximate surface area is 121 Å². The van der Waals surface area contributed by atoms with Crippen molar-refractivity contribution in [2.24, 2.45) is 11.3 Å². The number of hydrazine groups is 1. The average Bonchev–Trinajstić information content (AvgIpc) is 2.19. The van der Waals surface area contributed by atoms with Gasteiger partial charge in [-0.2, -0.15) is 0 Å². The minimum absolute atomic E-state index is 0.191. The molecule has 0 aliphatic rings. The van der Waals surface area contributed by atoms with Gasteiger partial charge in [0.1, 0.15) is 0 Å². The van der Waals surface area contributed by atoms with Gasteiger partial charge >= 0.3 is 0 Å². The van der Waals surface area contributed by atoms with Crippen LogP contribution in [0.15, 0.2) is 27.1 Å². The Morgan fingerprint density at radius 2 is 1.94 bits per heavy atom. The lowest BCUT2D eigenvalue weighted by molar-refractivity contribution is 0.333. The van der Waals surface area contributed by atoms with Gasteiger partial charge < -0.3 is 0 Å². The van der Waals surface area contributed by atoms with E-state index in [1.54, 1.807) is 0 Å². The lowest BCUT2D eigenvalue weighted by Crippen LogP contribution is -2.29. The highest BCUT2D eigenvalue weighted by molar-refractivity contribution is 9.11. The van der Waals surface area contributed by atoms with Gasteiger partial charge in [0.15, 0.2) is 0 Å². The number of rotatable bonds is 4. The van der Waals surface area contributed by atoms with Crippen molar-refractivity contribution in [1.29, 1.82) is 0 Å². The summed E-state index contributed by atoms with van der Waals surface area (Å²) in [7, 11) is 0. The molecule has 0 saturated heterocycles. The van der Waals surface area contributed by atoms with Gasteiger partial charge in [-0.05, 0) is 36.0 Å². The molecule has 1 aromatic rings. The summed E-state index contributed by atoms with van der Waals surface area (Å²) in [4.78, 5) is 0. The Hall–Kier alpha value is 0.1000. The van der Waals surface area contributed by atoms with Gasteiger partial charge in [0.25, 0.3) is 0 Å². The number of hydrogen-bond acceptors (Lipinski definition) is 2. The van der Waals surface area contributed by atoms with E-state index in [0.29, 0.717) is 5.41 Å². The minimum Gasteiger partial charge on any atom is -0.271 e. The third-order valence-corrected chi connectivity index (χ3v) is 3.90. The largest absolute Gasteiger partial charge is 0.271 e. The summed E-state index contributed by atoms with van der Waals surface area (Å²) in [6.07, 6.45) is 2.16. The molecule has 0 spiro atoms.